The van der Waals surface area contributed by atoms with Gasteiger partial charge in [-0.05, 0) is 63.1 Å². The first-order chi connectivity index (χ1) is 25.3. The first-order valence-electron chi connectivity index (χ1n) is 18.9. The third-order valence-electron chi connectivity index (χ3n) is 9.87. The number of hydrogen-bond donors (Lipinski definition) is 2. The lowest BCUT2D eigenvalue weighted by Crippen LogP contribution is -2.44. The lowest BCUT2D eigenvalue weighted by atomic mass is 9.97. The number of rotatable bonds is 22. The van der Waals surface area contributed by atoms with E-state index in [0.29, 0.717) is 29.0 Å². The molecule has 292 valence electrons. The molecular formula is C38H55FN5O8P. The van der Waals surface area contributed by atoms with Gasteiger partial charge in [-0.2, -0.15) is 10.4 Å². The van der Waals surface area contributed by atoms with Crippen LogP contribution in [0.25, 0.3) is 5.52 Å². The highest BCUT2D eigenvalue weighted by molar-refractivity contribution is 7.47. The van der Waals surface area contributed by atoms with Crippen LogP contribution < -0.4 is 5.73 Å². The molecule has 2 aliphatic rings. The summed E-state index contributed by atoms with van der Waals surface area (Å²) in [7, 11) is -4.62. The van der Waals surface area contributed by atoms with Crippen molar-refractivity contribution >= 4 is 19.2 Å². The molecule has 1 unspecified atom stereocenters. The van der Waals surface area contributed by atoms with E-state index in [1.54, 1.807) is 37.4 Å². The van der Waals surface area contributed by atoms with Gasteiger partial charge in [0.1, 0.15) is 41.6 Å². The molecule has 0 bridgehead atoms. The van der Waals surface area contributed by atoms with E-state index in [2.05, 4.69) is 17.0 Å². The first-order valence-corrected chi connectivity index (χ1v) is 20.4. The topological polar surface area (TPSA) is 173 Å². The highest BCUT2D eigenvalue weighted by atomic mass is 31.2. The van der Waals surface area contributed by atoms with Gasteiger partial charge in [-0.25, -0.2) is 18.5 Å². The first kappa shape index (κ1) is 41.2. The fraction of sp³-hybridized carbons (Fsp3) is 0.658. The van der Waals surface area contributed by atoms with E-state index in [9.17, 15) is 19.1 Å². The molecule has 5 rings (SSSR count). The maximum atomic E-state index is 14.1. The van der Waals surface area contributed by atoms with Crippen molar-refractivity contribution in [1.82, 2.24) is 14.6 Å². The van der Waals surface area contributed by atoms with Gasteiger partial charge in [0.25, 0.3) is 0 Å². The van der Waals surface area contributed by atoms with Gasteiger partial charge in [0.05, 0.1) is 43.3 Å². The van der Waals surface area contributed by atoms with E-state index in [-0.39, 0.29) is 25.4 Å². The lowest BCUT2D eigenvalue weighted by molar-refractivity contribution is -0.212. The van der Waals surface area contributed by atoms with E-state index < -0.39 is 49.4 Å². The predicted molar refractivity (Wildman–Crippen MR) is 196 cm³/mol. The molecule has 3 aromatic rings. The smallest absolute Gasteiger partial charge is 0.382 e. The van der Waals surface area contributed by atoms with Crippen molar-refractivity contribution in [3.63, 3.8) is 0 Å². The Kier molecular flexibility index (Phi) is 14.4. The second kappa shape index (κ2) is 18.6. The Morgan fingerprint density at radius 1 is 1.02 bits per heavy atom. The van der Waals surface area contributed by atoms with Crippen molar-refractivity contribution in [1.29, 1.82) is 5.26 Å². The molecule has 6 atom stereocenters. The fourth-order valence-electron chi connectivity index (χ4n) is 7.13. The minimum atomic E-state index is -4.62. The molecule has 4 heterocycles. The van der Waals surface area contributed by atoms with Gasteiger partial charge >= 0.3 is 7.82 Å². The third kappa shape index (κ3) is 11.3. The summed E-state index contributed by atoms with van der Waals surface area (Å²) < 4.78 is 65.2. The summed E-state index contributed by atoms with van der Waals surface area (Å²) in [5.41, 5.74) is 6.77. The molecule has 2 aromatic heterocycles. The Morgan fingerprint density at radius 2 is 1.72 bits per heavy atom. The number of ether oxygens (including phenoxy) is 4. The van der Waals surface area contributed by atoms with Gasteiger partial charge in [-0.1, -0.05) is 77.6 Å². The van der Waals surface area contributed by atoms with Crippen molar-refractivity contribution in [2.45, 2.75) is 147 Å². The second-order valence-corrected chi connectivity index (χ2v) is 16.3. The number of nitrogens with zero attached hydrogens (tertiary/aromatic N) is 4. The summed E-state index contributed by atoms with van der Waals surface area (Å²) in [4.78, 5) is 14.9. The van der Waals surface area contributed by atoms with Crippen LogP contribution >= 0.6 is 7.82 Å². The number of halogens is 1. The van der Waals surface area contributed by atoms with E-state index in [0.717, 1.165) is 31.7 Å². The molecule has 0 saturated carbocycles. The zero-order chi connectivity index (χ0) is 38.1. The summed E-state index contributed by atoms with van der Waals surface area (Å²) in [6, 6.07) is 9.58. The van der Waals surface area contributed by atoms with Gasteiger partial charge < -0.3 is 29.6 Å². The lowest BCUT2D eigenvalue weighted by Gasteiger charge is -2.31. The Hall–Kier alpha value is -2.99. The van der Waals surface area contributed by atoms with Crippen LogP contribution in [0, 0.1) is 17.1 Å². The van der Waals surface area contributed by atoms with Crippen molar-refractivity contribution < 1.29 is 41.8 Å². The Labute approximate surface area is 311 Å². The molecule has 53 heavy (non-hydrogen) atoms. The van der Waals surface area contributed by atoms with Crippen LogP contribution in [-0.2, 0) is 39.2 Å². The molecule has 0 amide bonds. The number of nitrogens with two attached hydrogens (primary N) is 1. The van der Waals surface area contributed by atoms with Crippen LogP contribution in [0.15, 0.2) is 36.7 Å². The maximum Gasteiger partial charge on any atom is 0.472 e. The van der Waals surface area contributed by atoms with Crippen molar-refractivity contribution in [2.24, 2.45) is 0 Å². The van der Waals surface area contributed by atoms with Gasteiger partial charge in [-0.3, -0.25) is 9.05 Å². The monoisotopic (exact) mass is 759 g/mol. The van der Waals surface area contributed by atoms with Gasteiger partial charge in [0.15, 0.2) is 11.6 Å². The number of hydrogen-bond acceptors (Lipinski definition) is 11. The SMILES string of the molecule is CCCCCCCCCCCCC[C@@H](COP(=O)(O)OC[C@@]1(C)O[C@@H](c2ccc3c(N)ncnn23)[C@@H]2OC(C)(C)O[C@@H]21)OCc1cc(F)cc(C#N)c1. The Balaban J connectivity index is 1.17. The van der Waals surface area contributed by atoms with E-state index >= 15 is 0 Å². The number of phosphoric acid groups is 1. The summed E-state index contributed by atoms with van der Waals surface area (Å²) in [6.07, 6.45) is 12.4. The van der Waals surface area contributed by atoms with Crippen LogP contribution in [0.1, 0.15) is 128 Å². The van der Waals surface area contributed by atoms with Crippen LogP contribution in [0.2, 0.25) is 0 Å². The molecular weight excluding hydrogens is 704 g/mol. The molecule has 0 spiro atoms. The van der Waals surface area contributed by atoms with Crippen molar-refractivity contribution in [3.8, 4) is 6.07 Å². The average molecular weight is 760 g/mol. The number of unbranched alkanes of at least 4 members (excludes halogenated alkanes) is 10. The van der Waals surface area contributed by atoms with Crippen molar-refractivity contribution in [2.75, 3.05) is 18.9 Å². The standard InChI is InChI=1S/C38H55FN5O8P/c1-5-6-7-8-9-10-11-12-13-14-15-16-30(47-23-28-19-27(22-40)20-29(39)21-28)24-48-53(45,46)49-25-38(4)35-34(50-37(2,3)52-35)33(51-38)31-17-18-32-36(41)42-26-43-44(31)32/h17-21,26,30,33-35H,5-16,23-25H2,1-4H3,(H,45,46)(H2,41,42,43)/t30-,33-,34-,35-,38+/m0/s1. The quantitative estimate of drug-likeness (QED) is 0.0746. The minimum absolute atomic E-state index is 0.00354. The zero-order valence-electron chi connectivity index (χ0n) is 31.4. The number of aromatic nitrogens is 3. The highest BCUT2D eigenvalue weighted by Crippen LogP contribution is 2.52. The molecule has 13 nitrogen and oxygen atoms in total. The van der Waals surface area contributed by atoms with Crippen LogP contribution in [0.4, 0.5) is 10.2 Å². The highest BCUT2D eigenvalue weighted by Gasteiger charge is 2.62. The fourth-order valence-corrected chi connectivity index (χ4v) is 7.98. The normalized spacial score (nSPS) is 23.9. The zero-order valence-corrected chi connectivity index (χ0v) is 32.3. The van der Waals surface area contributed by atoms with E-state index in [1.807, 2.05) is 12.1 Å². The van der Waals surface area contributed by atoms with Crippen LogP contribution in [-0.4, -0.2) is 62.4 Å². The number of nitrogen functional groups attached to an aromatic ring is 1. The predicted octanol–water partition coefficient (Wildman–Crippen LogP) is 8.09. The molecule has 3 N–H and O–H groups in total. The molecule has 0 radical (unpaired) electrons. The summed E-state index contributed by atoms with van der Waals surface area (Å²) >= 11 is 0. The van der Waals surface area contributed by atoms with Gasteiger partial charge in [-0.15, -0.1) is 0 Å². The number of benzene rings is 1. The molecule has 2 fully saturated rings. The van der Waals surface area contributed by atoms with Gasteiger partial charge in [0.2, 0.25) is 0 Å². The molecule has 0 aliphatic carbocycles. The Morgan fingerprint density at radius 3 is 2.42 bits per heavy atom. The average Bonchev–Trinajstić information content (AvgIpc) is 3.77. The minimum Gasteiger partial charge on any atom is -0.382 e. The largest absolute Gasteiger partial charge is 0.472 e. The third-order valence-corrected chi connectivity index (χ3v) is 10.8. The number of phosphoric ester groups is 1. The maximum absolute atomic E-state index is 14.1. The van der Waals surface area contributed by atoms with Gasteiger partial charge in [0, 0.05) is 0 Å². The molecule has 2 aliphatic heterocycles. The van der Waals surface area contributed by atoms with Crippen LogP contribution in [0.3, 0.4) is 0 Å². The Bertz CT molecular complexity index is 1740. The van der Waals surface area contributed by atoms with Crippen LogP contribution in [0.5, 0.6) is 0 Å². The number of fused-ring (bicyclic) bond motifs is 2. The molecule has 2 saturated heterocycles. The van der Waals surface area contributed by atoms with Crippen molar-refractivity contribution in [3.05, 3.63) is 59.3 Å². The summed E-state index contributed by atoms with van der Waals surface area (Å²) in [5, 5.41) is 13.6. The number of nitriles is 1. The summed E-state index contributed by atoms with van der Waals surface area (Å²) in [6.45, 7) is 6.97. The second-order valence-electron chi connectivity index (χ2n) is 14.8. The number of anilines is 1. The van der Waals surface area contributed by atoms with E-state index in [4.69, 9.17) is 33.7 Å². The molecule has 1 aromatic carbocycles. The summed E-state index contributed by atoms with van der Waals surface area (Å²) in [5.74, 6) is -1.18. The van der Waals surface area contributed by atoms with E-state index in [1.165, 1.54) is 57.3 Å². The molecule has 15 heteroatoms.